The molecule has 132 valence electrons. The van der Waals surface area contributed by atoms with Crippen LogP contribution in [0.4, 0.5) is 5.69 Å². The number of phenolic OH excluding ortho intramolecular Hbond substituents is 1. The number of carbonyl (C=O) groups is 2. The van der Waals surface area contributed by atoms with Gasteiger partial charge in [0.15, 0.2) is 5.11 Å². The maximum absolute atomic E-state index is 13.0. The van der Waals surface area contributed by atoms with E-state index in [1.807, 2.05) is 13.0 Å². The van der Waals surface area contributed by atoms with Crippen molar-refractivity contribution in [2.45, 2.75) is 6.92 Å². The Morgan fingerprint density at radius 2 is 1.96 bits per heavy atom. The number of amides is 2. The standard InChI is InChI=1S/C18H12BrClN2O3S/c1-9-6-11(19)3-4-14(9)22-17(25)12(16(24)21-18(22)26)7-10-2-5-15(23)13(20)8-10/h2-8,23H,1H3,(H,21,24,26). The fourth-order valence-electron chi connectivity index (χ4n) is 2.53. The number of hydrogen-bond acceptors (Lipinski definition) is 4. The van der Waals surface area contributed by atoms with Crippen molar-refractivity contribution in [1.29, 1.82) is 0 Å². The number of nitrogens with zero attached hydrogens (tertiary/aromatic N) is 1. The van der Waals surface area contributed by atoms with Crippen LogP contribution in [0.3, 0.4) is 0 Å². The molecular formula is C18H12BrClN2O3S. The van der Waals surface area contributed by atoms with Crippen molar-refractivity contribution >= 4 is 68.4 Å². The highest BCUT2D eigenvalue weighted by Gasteiger charge is 2.35. The van der Waals surface area contributed by atoms with Crippen molar-refractivity contribution in [2.75, 3.05) is 4.90 Å². The Kier molecular flexibility index (Phi) is 5.13. The minimum Gasteiger partial charge on any atom is -0.506 e. The molecule has 3 rings (SSSR count). The first-order valence-corrected chi connectivity index (χ1v) is 9.02. The number of aromatic hydroxyl groups is 1. The van der Waals surface area contributed by atoms with Crippen molar-refractivity contribution in [1.82, 2.24) is 5.32 Å². The molecule has 26 heavy (non-hydrogen) atoms. The van der Waals surface area contributed by atoms with Gasteiger partial charge in [-0.1, -0.05) is 33.6 Å². The zero-order valence-corrected chi connectivity index (χ0v) is 16.6. The summed E-state index contributed by atoms with van der Waals surface area (Å²) in [7, 11) is 0. The van der Waals surface area contributed by atoms with Gasteiger partial charge in [0.2, 0.25) is 0 Å². The first kappa shape index (κ1) is 18.6. The van der Waals surface area contributed by atoms with E-state index in [9.17, 15) is 14.7 Å². The monoisotopic (exact) mass is 450 g/mol. The van der Waals surface area contributed by atoms with Gasteiger partial charge in [0.25, 0.3) is 11.8 Å². The second-order valence-electron chi connectivity index (χ2n) is 5.60. The molecule has 1 saturated heterocycles. The molecule has 0 aliphatic carbocycles. The van der Waals surface area contributed by atoms with Gasteiger partial charge in [-0.2, -0.15) is 0 Å². The molecule has 2 aromatic carbocycles. The molecule has 2 N–H and O–H groups in total. The Bertz CT molecular complexity index is 990. The topological polar surface area (TPSA) is 69.6 Å². The first-order valence-electron chi connectivity index (χ1n) is 7.44. The van der Waals surface area contributed by atoms with E-state index in [0.29, 0.717) is 11.3 Å². The summed E-state index contributed by atoms with van der Waals surface area (Å²) < 4.78 is 0.868. The number of benzene rings is 2. The van der Waals surface area contributed by atoms with Gasteiger partial charge in [0.05, 0.1) is 10.7 Å². The van der Waals surface area contributed by atoms with Crippen LogP contribution in [-0.4, -0.2) is 22.0 Å². The van der Waals surface area contributed by atoms with Gasteiger partial charge in [-0.15, -0.1) is 0 Å². The summed E-state index contributed by atoms with van der Waals surface area (Å²) in [6.07, 6.45) is 1.41. The lowest BCUT2D eigenvalue weighted by molar-refractivity contribution is -0.122. The first-order chi connectivity index (χ1) is 12.3. The zero-order valence-electron chi connectivity index (χ0n) is 13.4. The molecule has 1 fully saturated rings. The molecule has 2 aromatic rings. The van der Waals surface area contributed by atoms with E-state index >= 15 is 0 Å². The Labute approximate surface area is 168 Å². The lowest BCUT2D eigenvalue weighted by Gasteiger charge is -2.30. The van der Waals surface area contributed by atoms with Crippen molar-refractivity contribution in [3.05, 3.63) is 62.6 Å². The van der Waals surface area contributed by atoms with E-state index in [2.05, 4.69) is 21.2 Å². The molecule has 8 heteroatoms. The van der Waals surface area contributed by atoms with Crippen LogP contribution in [0, 0.1) is 6.92 Å². The van der Waals surface area contributed by atoms with Crippen LogP contribution in [0.5, 0.6) is 5.75 Å². The molecule has 0 radical (unpaired) electrons. The van der Waals surface area contributed by atoms with Gasteiger partial charge in [0, 0.05) is 4.47 Å². The quantitative estimate of drug-likeness (QED) is 0.412. The second-order valence-corrected chi connectivity index (χ2v) is 7.31. The zero-order chi connectivity index (χ0) is 19.0. The number of carbonyl (C=O) groups excluding carboxylic acids is 2. The number of anilines is 1. The van der Waals surface area contributed by atoms with Crippen molar-refractivity contribution in [3.8, 4) is 5.75 Å². The highest BCUT2D eigenvalue weighted by atomic mass is 79.9. The number of nitrogens with one attached hydrogen (secondary N) is 1. The average Bonchev–Trinajstić information content (AvgIpc) is 2.56. The largest absolute Gasteiger partial charge is 0.506 e. The maximum atomic E-state index is 13.0. The van der Waals surface area contributed by atoms with Crippen LogP contribution in [0.1, 0.15) is 11.1 Å². The van der Waals surface area contributed by atoms with Crippen LogP contribution < -0.4 is 10.2 Å². The third-order valence-electron chi connectivity index (χ3n) is 3.78. The highest BCUT2D eigenvalue weighted by molar-refractivity contribution is 9.10. The van der Waals surface area contributed by atoms with Gasteiger partial charge in [-0.25, -0.2) is 0 Å². The molecule has 1 aliphatic rings. The van der Waals surface area contributed by atoms with Crippen molar-refractivity contribution in [2.24, 2.45) is 0 Å². The Morgan fingerprint density at radius 1 is 1.23 bits per heavy atom. The normalized spacial score (nSPS) is 16.2. The summed E-state index contributed by atoms with van der Waals surface area (Å²) in [5.41, 5.74) is 1.82. The molecule has 2 amide bonds. The van der Waals surface area contributed by atoms with E-state index in [1.165, 1.54) is 23.1 Å². The van der Waals surface area contributed by atoms with Crippen molar-refractivity contribution < 1.29 is 14.7 Å². The van der Waals surface area contributed by atoms with Gasteiger partial charge in [0.1, 0.15) is 11.3 Å². The minimum atomic E-state index is -0.588. The number of aryl methyl sites for hydroxylation is 1. The predicted octanol–water partition coefficient (Wildman–Crippen LogP) is 3.95. The van der Waals surface area contributed by atoms with Gasteiger partial charge < -0.3 is 5.11 Å². The summed E-state index contributed by atoms with van der Waals surface area (Å²) >= 11 is 14.5. The molecule has 5 nitrogen and oxygen atoms in total. The smallest absolute Gasteiger partial charge is 0.270 e. The average molecular weight is 452 g/mol. The van der Waals surface area contributed by atoms with E-state index in [0.717, 1.165) is 10.0 Å². The number of hydrogen-bond donors (Lipinski definition) is 2. The number of thiocarbonyl (C=S) groups is 1. The third kappa shape index (κ3) is 3.51. The molecule has 0 aromatic heterocycles. The number of rotatable bonds is 2. The summed E-state index contributed by atoms with van der Waals surface area (Å²) in [6.45, 7) is 1.84. The molecule has 0 atom stereocenters. The van der Waals surface area contributed by atoms with Crippen LogP contribution >= 0.6 is 39.7 Å². The predicted molar refractivity (Wildman–Crippen MR) is 108 cm³/mol. The highest BCUT2D eigenvalue weighted by Crippen LogP contribution is 2.29. The summed E-state index contributed by atoms with van der Waals surface area (Å²) in [5, 5.41) is 12.2. The second kappa shape index (κ2) is 7.19. The number of phenols is 1. The Morgan fingerprint density at radius 3 is 2.62 bits per heavy atom. The lowest BCUT2D eigenvalue weighted by Crippen LogP contribution is -2.54. The van der Waals surface area contributed by atoms with E-state index in [1.54, 1.807) is 18.2 Å². The fraction of sp³-hybridized carbons (Fsp3) is 0.0556. The molecule has 0 spiro atoms. The van der Waals surface area contributed by atoms with Crippen LogP contribution in [0.2, 0.25) is 5.02 Å². The third-order valence-corrected chi connectivity index (χ3v) is 4.86. The summed E-state index contributed by atoms with van der Waals surface area (Å²) in [5.74, 6) is -1.20. The Balaban J connectivity index is 2.05. The van der Waals surface area contributed by atoms with E-state index in [4.69, 9.17) is 23.8 Å². The summed E-state index contributed by atoms with van der Waals surface area (Å²) in [6, 6.07) is 9.80. The minimum absolute atomic E-state index is 0.0197. The van der Waals surface area contributed by atoms with E-state index in [-0.39, 0.29) is 21.5 Å². The van der Waals surface area contributed by atoms with Crippen LogP contribution in [0.25, 0.3) is 6.08 Å². The fourth-order valence-corrected chi connectivity index (χ4v) is 3.46. The molecular weight excluding hydrogens is 440 g/mol. The van der Waals surface area contributed by atoms with Gasteiger partial charge in [-0.05, 0) is 66.7 Å². The van der Waals surface area contributed by atoms with Gasteiger partial charge >= 0.3 is 0 Å². The van der Waals surface area contributed by atoms with Gasteiger partial charge in [-0.3, -0.25) is 19.8 Å². The number of halogens is 2. The van der Waals surface area contributed by atoms with Crippen LogP contribution in [-0.2, 0) is 9.59 Å². The summed E-state index contributed by atoms with van der Waals surface area (Å²) in [4.78, 5) is 26.5. The molecule has 0 bridgehead atoms. The lowest BCUT2D eigenvalue weighted by atomic mass is 10.1. The maximum Gasteiger partial charge on any atom is 0.270 e. The Hall–Kier alpha value is -2.22. The molecule has 0 unspecified atom stereocenters. The SMILES string of the molecule is Cc1cc(Br)ccc1N1C(=O)C(=Cc2ccc(O)c(Cl)c2)C(=O)NC1=S. The molecule has 1 heterocycles. The molecule has 0 saturated carbocycles. The molecule has 1 aliphatic heterocycles. The van der Waals surface area contributed by atoms with E-state index < -0.39 is 11.8 Å². The van der Waals surface area contributed by atoms with Crippen molar-refractivity contribution in [3.63, 3.8) is 0 Å². The van der Waals surface area contributed by atoms with Crippen LogP contribution in [0.15, 0.2) is 46.4 Å².